The van der Waals surface area contributed by atoms with Gasteiger partial charge in [-0.2, -0.15) is 17.7 Å². The first-order valence-corrected chi connectivity index (χ1v) is 11.2. The number of ether oxygens (including phenoxy) is 1. The normalized spacial score (nSPS) is 15.4. The van der Waals surface area contributed by atoms with Crippen LogP contribution in [0.2, 0.25) is 0 Å². The molecule has 34 heavy (non-hydrogen) atoms. The van der Waals surface area contributed by atoms with E-state index in [2.05, 4.69) is 20.6 Å². The highest BCUT2D eigenvalue weighted by molar-refractivity contribution is 5.79. The van der Waals surface area contributed by atoms with E-state index in [-0.39, 0.29) is 17.5 Å². The highest BCUT2D eigenvalue weighted by Gasteiger charge is 2.38. The molecule has 2 amide bonds. The Labute approximate surface area is 195 Å². The second-order valence-electron chi connectivity index (χ2n) is 9.10. The monoisotopic (exact) mass is 485 g/mol. The summed E-state index contributed by atoms with van der Waals surface area (Å²) in [6.07, 6.45) is -4.02. The van der Waals surface area contributed by atoms with Crippen molar-refractivity contribution in [1.29, 1.82) is 0 Å². The zero-order valence-corrected chi connectivity index (χ0v) is 19.7. The molecule has 0 radical (unpaired) electrons. The number of amides is 2. The lowest BCUT2D eigenvalue weighted by Crippen LogP contribution is -2.44. The van der Waals surface area contributed by atoms with Gasteiger partial charge in [0, 0.05) is 38.6 Å². The summed E-state index contributed by atoms with van der Waals surface area (Å²) in [5.41, 5.74) is -0.582. The van der Waals surface area contributed by atoms with Crippen LogP contribution in [0.4, 0.5) is 23.8 Å². The lowest BCUT2D eigenvalue weighted by Gasteiger charge is -2.32. The fraction of sp³-hybridized carbons (Fsp3) is 0.667. The van der Waals surface area contributed by atoms with Gasteiger partial charge in [0.15, 0.2) is 5.65 Å². The maximum Gasteiger partial charge on any atom is 0.453 e. The van der Waals surface area contributed by atoms with Gasteiger partial charge in [-0.25, -0.2) is 4.79 Å². The van der Waals surface area contributed by atoms with Crippen LogP contribution < -0.4 is 10.2 Å². The number of hydrogen-bond acceptors (Lipinski definition) is 7. The number of likely N-dealkylation sites (N-methyl/N-ethyl adjacent to an activating group) is 1. The van der Waals surface area contributed by atoms with Crippen LogP contribution in [-0.4, -0.2) is 75.0 Å². The molecule has 2 aromatic rings. The minimum absolute atomic E-state index is 0.0119. The van der Waals surface area contributed by atoms with Crippen molar-refractivity contribution in [3.8, 4) is 0 Å². The number of anilines is 1. The van der Waals surface area contributed by atoms with Gasteiger partial charge >= 0.3 is 12.3 Å². The van der Waals surface area contributed by atoms with Gasteiger partial charge in [0.25, 0.3) is 5.82 Å². The highest BCUT2D eigenvalue weighted by Crippen LogP contribution is 2.28. The number of alkyl halides is 3. The van der Waals surface area contributed by atoms with Crippen molar-refractivity contribution >= 4 is 23.5 Å². The summed E-state index contributed by atoms with van der Waals surface area (Å²) in [6, 6.07) is 3.04. The minimum Gasteiger partial charge on any atom is -0.444 e. The molecule has 0 unspecified atom stereocenters. The number of carbonyl (C=O) groups excluding carboxylic acids is 2. The van der Waals surface area contributed by atoms with Crippen molar-refractivity contribution in [3.63, 3.8) is 0 Å². The lowest BCUT2D eigenvalue weighted by atomic mass is 9.96. The molecule has 0 saturated carbocycles. The Morgan fingerprint density at radius 3 is 2.44 bits per heavy atom. The molecule has 13 heteroatoms. The van der Waals surface area contributed by atoms with E-state index < -0.39 is 23.7 Å². The predicted molar refractivity (Wildman–Crippen MR) is 117 cm³/mol. The number of aromatic nitrogens is 4. The fourth-order valence-corrected chi connectivity index (χ4v) is 3.66. The molecule has 0 bridgehead atoms. The number of carbonyl (C=O) groups is 2. The molecule has 1 aliphatic heterocycles. The second-order valence-corrected chi connectivity index (χ2v) is 9.10. The average Bonchev–Trinajstić information content (AvgIpc) is 3.19. The van der Waals surface area contributed by atoms with Crippen molar-refractivity contribution in [1.82, 2.24) is 30.0 Å². The third kappa shape index (κ3) is 6.26. The van der Waals surface area contributed by atoms with Gasteiger partial charge in [-0.1, -0.05) is 0 Å². The first-order chi connectivity index (χ1) is 15.9. The summed E-state index contributed by atoms with van der Waals surface area (Å²) in [6.45, 7) is 9.26. The molecule has 1 N–H and O–H groups in total. The summed E-state index contributed by atoms with van der Waals surface area (Å²) < 4.78 is 45.4. The highest BCUT2D eigenvalue weighted by atomic mass is 19.4. The van der Waals surface area contributed by atoms with Gasteiger partial charge in [0.2, 0.25) is 5.91 Å². The van der Waals surface area contributed by atoms with Gasteiger partial charge in [0.05, 0.1) is 0 Å². The molecular formula is C21H30F3N7O3. The van der Waals surface area contributed by atoms with Crippen LogP contribution in [0.5, 0.6) is 0 Å². The largest absolute Gasteiger partial charge is 0.453 e. The van der Waals surface area contributed by atoms with Gasteiger partial charge in [0.1, 0.15) is 11.4 Å². The molecule has 3 rings (SSSR count). The molecule has 188 valence electrons. The van der Waals surface area contributed by atoms with Crippen molar-refractivity contribution < 1.29 is 27.5 Å². The second kappa shape index (κ2) is 10.0. The van der Waals surface area contributed by atoms with Gasteiger partial charge in [-0.15, -0.1) is 15.3 Å². The van der Waals surface area contributed by atoms with Gasteiger partial charge in [-0.3, -0.25) is 4.79 Å². The minimum atomic E-state index is -4.66. The number of fused-ring (bicyclic) bond motifs is 1. The molecule has 1 aliphatic rings. The molecule has 1 saturated heterocycles. The predicted octanol–water partition coefficient (Wildman–Crippen LogP) is 2.73. The summed E-state index contributed by atoms with van der Waals surface area (Å²) in [5.74, 6) is -1.14. The van der Waals surface area contributed by atoms with E-state index in [0.717, 1.165) is 0 Å². The van der Waals surface area contributed by atoms with Crippen LogP contribution in [0.3, 0.4) is 0 Å². The van der Waals surface area contributed by atoms with Crippen molar-refractivity contribution in [2.45, 2.75) is 52.3 Å². The third-order valence-corrected chi connectivity index (χ3v) is 5.41. The molecule has 0 atom stereocenters. The first-order valence-electron chi connectivity index (χ1n) is 11.2. The summed E-state index contributed by atoms with van der Waals surface area (Å²) >= 11 is 0. The molecule has 0 aromatic carbocycles. The van der Waals surface area contributed by atoms with Crippen molar-refractivity contribution in [3.05, 3.63) is 18.0 Å². The van der Waals surface area contributed by atoms with Gasteiger partial charge < -0.3 is 19.9 Å². The molecule has 10 nitrogen and oxygen atoms in total. The Hall–Kier alpha value is -3.12. The zero-order chi connectivity index (χ0) is 25.1. The molecule has 1 fully saturated rings. The molecule has 0 spiro atoms. The van der Waals surface area contributed by atoms with Crippen molar-refractivity contribution in [2.75, 3.05) is 37.6 Å². The standard InChI is InChI=1S/C21H30F3N7O3/c1-5-29(19(33)34-20(2,3)4)13-10-25-17(32)14-8-11-30(12-9-14)16-7-6-15-26-27-18(21(22,23)24)31(15)28-16/h6-7,14H,5,8-13H2,1-4H3,(H,25,32). The van der Waals surface area contributed by atoms with Crippen LogP contribution in [0, 0.1) is 5.92 Å². The number of piperidine rings is 1. The summed E-state index contributed by atoms with van der Waals surface area (Å²) in [4.78, 5) is 28.1. The van der Waals surface area contributed by atoms with Gasteiger partial charge in [-0.05, 0) is 52.7 Å². The maximum atomic E-state index is 13.1. The summed E-state index contributed by atoms with van der Waals surface area (Å²) in [5, 5.41) is 13.6. The SMILES string of the molecule is CCN(CCNC(=O)C1CCN(c2ccc3nnc(C(F)(F)F)n3n2)CC1)C(=O)OC(C)(C)C. The number of rotatable bonds is 6. The lowest BCUT2D eigenvalue weighted by molar-refractivity contribution is -0.146. The van der Waals surface area contributed by atoms with Crippen LogP contribution in [0.15, 0.2) is 12.1 Å². The zero-order valence-electron chi connectivity index (χ0n) is 19.7. The van der Waals surface area contributed by atoms with E-state index in [0.29, 0.717) is 55.9 Å². The maximum absolute atomic E-state index is 13.1. The van der Waals surface area contributed by atoms with E-state index in [1.165, 1.54) is 11.0 Å². The molecule has 3 heterocycles. The molecule has 2 aromatic heterocycles. The molecule has 0 aliphatic carbocycles. The Morgan fingerprint density at radius 2 is 1.85 bits per heavy atom. The van der Waals surface area contributed by atoms with E-state index in [4.69, 9.17) is 4.74 Å². The topological polar surface area (TPSA) is 105 Å². The summed E-state index contributed by atoms with van der Waals surface area (Å²) in [7, 11) is 0. The van der Waals surface area contributed by atoms with E-state index >= 15 is 0 Å². The first kappa shape index (κ1) is 25.5. The molecular weight excluding hydrogens is 455 g/mol. The Bertz CT molecular complexity index is 1010. The average molecular weight is 486 g/mol. The van der Waals surface area contributed by atoms with Crippen LogP contribution in [0.1, 0.15) is 46.4 Å². The van der Waals surface area contributed by atoms with Crippen molar-refractivity contribution in [2.24, 2.45) is 5.92 Å². The smallest absolute Gasteiger partial charge is 0.444 e. The number of nitrogens with one attached hydrogen (secondary N) is 1. The van der Waals surface area contributed by atoms with Crippen LogP contribution >= 0.6 is 0 Å². The van der Waals surface area contributed by atoms with E-state index in [1.54, 1.807) is 26.8 Å². The Balaban J connectivity index is 1.51. The van der Waals surface area contributed by atoms with Crippen LogP contribution in [-0.2, 0) is 15.7 Å². The fourth-order valence-electron chi connectivity index (χ4n) is 3.66. The van der Waals surface area contributed by atoms with E-state index in [1.807, 2.05) is 11.8 Å². The Kier molecular flexibility index (Phi) is 7.51. The number of hydrogen-bond donors (Lipinski definition) is 1. The number of halogens is 3. The Morgan fingerprint density at radius 1 is 1.18 bits per heavy atom. The van der Waals surface area contributed by atoms with Crippen LogP contribution in [0.25, 0.3) is 5.65 Å². The third-order valence-electron chi connectivity index (χ3n) is 5.41. The van der Waals surface area contributed by atoms with E-state index in [9.17, 15) is 22.8 Å². The quantitative estimate of drug-likeness (QED) is 0.671. The number of nitrogens with zero attached hydrogens (tertiary/aromatic N) is 6.